The number of rotatable bonds is 4. The number of amides is 1. The van der Waals surface area contributed by atoms with Gasteiger partial charge in [0, 0.05) is 29.2 Å². The quantitative estimate of drug-likeness (QED) is 0.917. The van der Waals surface area contributed by atoms with Gasteiger partial charge in [-0.15, -0.1) is 0 Å². The van der Waals surface area contributed by atoms with Gasteiger partial charge in [0.05, 0.1) is 11.4 Å². The molecule has 0 aliphatic carbocycles. The number of halogens is 1. The van der Waals surface area contributed by atoms with Crippen LogP contribution in [-0.2, 0) is 11.2 Å². The van der Waals surface area contributed by atoms with Gasteiger partial charge in [-0.2, -0.15) is 0 Å². The number of nitrogens with zero attached hydrogens (tertiary/aromatic N) is 2. The van der Waals surface area contributed by atoms with Crippen LogP contribution in [0.25, 0.3) is 0 Å². The van der Waals surface area contributed by atoms with Gasteiger partial charge in [0.25, 0.3) is 0 Å². The maximum atomic E-state index is 11.4. The third-order valence-electron chi connectivity index (χ3n) is 3.99. The third-order valence-corrected chi connectivity index (χ3v) is 4.42. The number of primary amides is 1. The fraction of sp³-hybridized carbons (Fsp3) is 0.600. The molecular formula is C15H22BrN3O. The fourth-order valence-electron chi connectivity index (χ4n) is 2.92. The molecule has 2 N–H and O–H groups in total. The normalized spacial score (nSPS) is 22.9. The third kappa shape index (κ3) is 3.32. The van der Waals surface area contributed by atoms with Crippen molar-refractivity contribution in [2.75, 3.05) is 11.4 Å². The highest BCUT2D eigenvalue weighted by Crippen LogP contribution is 2.31. The van der Waals surface area contributed by atoms with E-state index < -0.39 is 0 Å². The Morgan fingerprint density at radius 2 is 2.35 bits per heavy atom. The summed E-state index contributed by atoms with van der Waals surface area (Å²) in [6, 6.07) is 2.45. The summed E-state index contributed by atoms with van der Waals surface area (Å²) < 4.78 is 0.997. The molecule has 110 valence electrons. The minimum absolute atomic E-state index is 0.0102. The molecule has 2 unspecified atom stereocenters. The van der Waals surface area contributed by atoms with Gasteiger partial charge in [0.2, 0.25) is 5.91 Å². The molecule has 2 atom stereocenters. The van der Waals surface area contributed by atoms with Crippen molar-refractivity contribution >= 4 is 27.5 Å². The highest BCUT2D eigenvalue weighted by atomic mass is 79.9. The highest BCUT2D eigenvalue weighted by molar-refractivity contribution is 9.10. The first-order valence-corrected chi connectivity index (χ1v) is 8.02. The Kier molecular flexibility index (Phi) is 5.02. The molecule has 2 rings (SSSR count). The van der Waals surface area contributed by atoms with Gasteiger partial charge in [-0.3, -0.25) is 9.78 Å². The van der Waals surface area contributed by atoms with Crippen molar-refractivity contribution in [1.29, 1.82) is 0 Å². The molecule has 0 spiro atoms. The second-order valence-corrected chi connectivity index (χ2v) is 6.45. The van der Waals surface area contributed by atoms with Crippen LogP contribution < -0.4 is 10.6 Å². The molecule has 1 saturated heterocycles. The van der Waals surface area contributed by atoms with E-state index in [2.05, 4.69) is 45.7 Å². The zero-order valence-electron chi connectivity index (χ0n) is 12.1. The number of carbonyl (C=O) groups excluding carboxylic acids is 1. The van der Waals surface area contributed by atoms with Crippen molar-refractivity contribution in [3.05, 3.63) is 22.4 Å². The smallest absolute Gasteiger partial charge is 0.220 e. The van der Waals surface area contributed by atoms with Crippen LogP contribution >= 0.6 is 15.9 Å². The standard InChI is InChI=1S/C15H22BrN3O/c1-3-4-13-14(8-12(16)9-18-13)19-6-5-11(15(17)20)7-10(19)2/h8-11H,3-7H2,1-2H3,(H2,17,20). The maximum absolute atomic E-state index is 11.4. The first-order chi connectivity index (χ1) is 9.52. The summed E-state index contributed by atoms with van der Waals surface area (Å²) in [7, 11) is 0. The zero-order chi connectivity index (χ0) is 14.7. The van der Waals surface area contributed by atoms with Gasteiger partial charge in [-0.05, 0) is 48.2 Å². The van der Waals surface area contributed by atoms with E-state index >= 15 is 0 Å². The number of anilines is 1. The average Bonchev–Trinajstić information content (AvgIpc) is 2.41. The lowest BCUT2D eigenvalue weighted by molar-refractivity contribution is -0.122. The zero-order valence-corrected chi connectivity index (χ0v) is 13.7. The molecule has 4 nitrogen and oxygen atoms in total. The first-order valence-electron chi connectivity index (χ1n) is 7.23. The van der Waals surface area contributed by atoms with E-state index in [-0.39, 0.29) is 11.8 Å². The Morgan fingerprint density at radius 1 is 1.60 bits per heavy atom. The van der Waals surface area contributed by atoms with Crippen molar-refractivity contribution in [3.63, 3.8) is 0 Å². The lowest BCUT2D eigenvalue weighted by atomic mass is 9.90. The van der Waals surface area contributed by atoms with E-state index in [1.165, 1.54) is 5.69 Å². The molecule has 5 heteroatoms. The predicted molar refractivity (Wildman–Crippen MR) is 84.7 cm³/mol. The van der Waals surface area contributed by atoms with E-state index in [4.69, 9.17) is 5.73 Å². The van der Waals surface area contributed by atoms with Gasteiger partial charge < -0.3 is 10.6 Å². The largest absolute Gasteiger partial charge is 0.369 e. The number of nitrogens with two attached hydrogens (primary N) is 1. The minimum Gasteiger partial charge on any atom is -0.369 e. The van der Waals surface area contributed by atoms with Gasteiger partial charge >= 0.3 is 0 Å². The Labute approximate surface area is 128 Å². The summed E-state index contributed by atoms with van der Waals surface area (Å²) in [6.07, 6.45) is 5.57. The number of aryl methyl sites for hydroxylation is 1. The lowest BCUT2D eigenvalue weighted by Crippen LogP contribution is -2.44. The van der Waals surface area contributed by atoms with Crippen molar-refractivity contribution in [1.82, 2.24) is 4.98 Å². The number of hydrogen-bond donors (Lipinski definition) is 1. The van der Waals surface area contributed by atoms with Gasteiger partial charge in [-0.1, -0.05) is 13.3 Å². The molecule has 20 heavy (non-hydrogen) atoms. The van der Waals surface area contributed by atoms with Crippen molar-refractivity contribution in [2.45, 2.75) is 45.6 Å². The molecule has 0 radical (unpaired) electrons. The second kappa shape index (κ2) is 6.57. The van der Waals surface area contributed by atoms with Crippen LogP contribution in [0.15, 0.2) is 16.7 Å². The van der Waals surface area contributed by atoms with Gasteiger partial charge in [-0.25, -0.2) is 0 Å². The minimum atomic E-state index is -0.169. The summed E-state index contributed by atoms with van der Waals surface area (Å²) in [5, 5.41) is 0. The molecule has 1 aliphatic heterocycles. The molecule has 1 amide bonds. The van der Waals surface area contributed by atoms with Crippen molar-refractivity contribution in [2.24, 2.45) is 11.7 Å². The van der Waals surface area contributed by atoms with Crippen molar-refractivity contribution < 1.29 is 4.79 Å². The van der Waals surface area contributed by atoms with E-state index in [1.54, 1.807) is 0 Å². The summed E-state index contributed by atoms with van der Waals surface area (Å²) in [6.45, 7) is 5.19. The monoisotopic (exact) mass is 339 g/mol. The molecule has 1 fully saturated rings. The van der Waals surface area contributed by atoms with E-state index in [0.717, 1.165) is 42.4 Å². The summed E-state index contributed by atoms with van der Waals surface area (Å²) in [5.74, 6) is -0.159. The van der Waals surface area contributed by atoms with Crippen LogP contribution in [0.5, 0.6) is 0 Å². The number of aromatic nitrogens is 1. The Bertz CT molecular complexity index is 492. The molecule has 1 aromatic rings. The fourth-order valence-corrected chi connectivity index (χ4v) is 3.24. The molecular weight excluding hydrogens is 318 g/mol. The van der Waals surface area contributed by atoms with E-state index in [1.807, 2.05) is 6.20 Å². The first kappa shape index (κ1) is 15.3. The van der Waals surface area contributed by atoms with Crippen LogP contribution in [0.1, 0.15) is 38.8 Å². The van der Waals surface area contributed by atoms with Crippen LogP contribution in [0.2, 0.25) is 0 Å². The molecule has 2 heterocycles. The highest BCUT2D eigenvalue weighted by Gasteiger charge is 2.29. The number of piperidine rings is 1. The Morgan fingerprint density at radius 3 is 2.95 bits per heavy atom. The number of pyridine rings is 1. The topological polar surface area (TPSA) is 59.2 Å². The van der Waals surface area contributed by atoms with Crippen LogP contribution in [-0.4, -0.2) is 23.5 Å². The maximum Gasteiger partial charge on any atom is 0.220 e. The SMILES string of the molecule is CCCc1ncc(Br)cc1N1CCC(C(N)=O)CC1C. The van der Waals surface area contributed by atoms with Crippen LogP contribution in [0.3, 0.4) is 0 Å². The average molecular weight is 340 g/mol. The molecule has 0 saturated carbocycles. The predicted octanol–water partition coefficient (Wildman–Crippen LogP) is 2.89. The summed E-state index contributed by atoms with van der Waals surface area (Å²) in [5.41, 5.74) is 7.77. The Hall–Kier alpha value is -1.10. The van der Waals surface area contributed by atoms with Crippen molar-refractivity contribution in [3.8, 4) is 0 Å². The lowest BCUT2D eigenvalue weighted by Gasteiger charge is -2.39. The van der Waals surface area contributed by atoms with Gasteiger partial charge in [0.1, 0.15) is 0 Å². The number of carbonyl (C=O) groups is 1. The molecule has 1 aliphatic rings. The van der Waals surface area contributed by atoms with Gasteiger partial charge in [0.15, 0.2) is 0 Å². The number of hydrogen-bond acceptors (Lipinski definition) is 3. The molecule has 1 aromatic heterocycles. The Balaban J connectivity index is 2.23. The summed E-state index contributed by atoms with van der Waals surface area (Å²) >= 11 is 3.51. The molecule has 0 aromatic carbocycles. The van der Waals surface area contributed by atoms with E-state index in [0.29, 0.717) is 6.04 Å². The van der Waals surface area contributed by atoms with Crippen LogP contribution in [0, 0.1) is 5.92 Å². The van der Waals surface area contributed by atoms with Crippen LogP contribution in [0.4, 0.5) is 5.69 Å². The second-order valence-electron chi connectivity index (χ2n) is 5.54. The van der Waals surface area contributed by atoms with E-state index in [9.17, 15) is 4.79 Å². The summed E-state index contributed by atoms with van der Waals surface area (Å²) in [4.78, 5) is 18.3. The molecule has 0 bridgehead atoms.